The van der Waals surface area contributed by atoms with E-state index in [9.17, 15) is 4.79 Å². The zero-order valence-electron chi connectivity index (χ0n) is 12.7. The summed E-state index contributed by atoms with van der Waals surface area (Å²) >= 11 is 0. The molecule has 2 saturated carbocycles. The normalized spacial score (nSPS) is 35.4. The van der Waals surface area contributed by atoms with Crippen molar-refractivity contribution >= 4 is 6.09 Å². The van der Waals surface area contributed by atoms with Crippen LogP contribution in [-0.4, -0.2) is 24.8 Å². The monoisotopic (exact) mass is 301 g/mol. The van der Waals surface area contributed by atoms with Gasteiger partial charge in [-0.1, -0.05) is 30.3 Å². The van der Waals surface area contributed by atoms with Gasteiger partial charge in [0.25, 0.3) is 0 Å². The van der Waals surface area contributed by atoms with E-state index in [4.69, 9.17) is 9.47 Å². The van der Waals surface area contributed by atoms with E-state index < -0.39 is 0 Å². The Bertz CT molecular complexity index is 528. The van der Waals surface area contributed by atoms with Crippen molar-refractivity contribution in [1.29, 1.82) is 0 Å². The zero-order valence-corrected chi connectivity index (χ0v) is 12.7. The summed E-state index contributed by atoms with van der Waals surface area (Å²) in [4.78, 5) is 12.1. The fourth-order valence-electron chi connectivity index (χ4n) is 4.38. The smallest absolute Gasteiger partial charge is 0.407 e. The molecule has 3 aliphatic rings. The van der Waals surface area contributed by atoms with Gasteiger partial charge in [0.15, 0.2) is 0 Å². The van der Waals surface area contributed by atoms with Crippen molar-refractivity contribution < 1.29 is 14.3 Å². The van der Waals surface area contributed by atoms with Crippen molar-refractivity contribution in [2.75, 3.05) is 6.61 Å². The molecule has 118 valence electrons. The number of nitrogens with one attached hydrogen (secondary N) is 1. The lowest BCUT2D eigenvalue weighted by Gasteiger charge is -2.31. The van der Waals surface area contributed by atoms with Crippen molar-refractivity contribution in [1.82, 2.24) is 5.32 Å². The summed E-state index contributed by atoms with van der Waals surface area (Å²) in [6.07, 6.45) is 5.10. The molecule has 5 unspecified atom stereocenters. The highest BCUT2D eigenvalue weighted by atomic mass is 16.6. The Kier molecular flexibility index (Phi) is 3.78. The Morgan fingerprint density at radius 1 is 1.23 bits per heavy atom. The molecule has 1 amide bonds. The van der Waals surface area contributed by atoms with Crippen molar-refractivity contribution in [2.45, 2.75) is 44.4 Å². The van der Waals surface area contributed by atoms with E-state index in [0.717, 1.165) is 24.5 Å². The summed E-state index contributed by atoms with van der Waals surface area (Å²) in [7, 11) is 0. The van der Waals surface area contributed by atoms with E-state index in [-0.39, 0.29) is 12.1 Å². The molecule has 1 saturated heterocycles. The van der Waals surface area contributed by atoms with Crippen molar-refractivity contribution in [3.05, 3.63) is 35.9 Å². The van der Waals surface area contributed by atoms with Crippen molar-refractivity contribution in [3.63, 3.8) is 0 Å². The van der Waals surface area contributed by atoms with Gasteiger partial charge in [0.05, 0.1) is 12.7 Å². The Morgan fingerprint density at radius 3 is 2.77 bits per heavy atom. The van der Waals surface area contributed by atoms with Gasteiger partial charge in [-0.25, -0.2) is 4.79 Å². The first-order valence-corrected chi connectivity index (χ1v) is 8.38. The number of hydrogen-bond acceptors (Lipinski definition) is 3. The standard InChI is InChI=1S/C18H23NO3/c20-18(22-10-12-4-2-1-3-5-12)19-17-14-7-6-13(8-14)16(17)9-15-11-21-15/h1-5,13-17H,6-11H2,(H,19,20). The second-order valence-corrected chi connectivity index (χ2v) is 6.92. The summed E-state index contributed by atoms with van der Waals surface area (Å²) in [6.45, 7) is 1.24. The molecule has 4 heteroatoms. The first-order valence-electron chi connectivity index (χ1n) is 8.38. The molecule has 0 radical (unpaired) electrons. The molecular formula is C18H23NO3. The Balaban J connectivity index is 1.32. The van der Waals surface area contributed by atoms with Crippen LogP contribution >= 0.6 is 0 Å². The van der Waals surface area contributed by atoms with Gasteiger partial charge >= 0.3 is 6.09 Å². The fourth-order valence-corrected chi connectivity index (χ4v) is 4.38. The Labute approximate surface area is 131 Å². The van der Waals surface area contributed by atoms with Crippen LogP contribution in [0.1, 0.15) is 31.2 Å². The zero-order chi connectivity index (χ0) is 14.9. The maximum absolute atomic E-state index is 12.1. The van der Waals surface area contributed by atoms with Gasteiger partial charge in [-0.05, 0) is 49.0 Å². The number of carbonyl (C=O) groups excluding carboxylic acids is 1. The molecule has 2 bridgehead atoms. The van der Waals surface area contributed by atoms with Gasteiger partial charge in [-0.15, -0.1) is 0 Å². The fraction of sp³-hybridized carbons (Fsp3) is 0.611. The van der Waals surface area contributed by atoms with Gasteiger partial charge in [0.1, 0.15) is 6.61 Å². The maximum atomic E-state index is 12.1. The molecule has 4 rings (SSSR count). The van der Waals surface area contributed by atoms with Crippen LogP contribution in [0.2, 0.25) is 0 Å². The van der Waals surface area contributed by atoms with E-state index in [0.29, 0.717) is 24.5 Å². The third kappa shape index (κ3) is 2.98. The number of ether oxygens (including phenoxy) is 2. The number of carbonyl (C=O) groups is 1. The topological polar surface area (TPSA) is 50.9 Å². The minimum absolute atomic E-state index is 0.275. The van der Waals surface area contributed by atoms with Crippen LogP contribution in [0, 0.1) is 17.8 Å². The lowest BCUT2D eigenvalue weighted by atomic mass is 9.81. The SMILES string of the molecule is O=C(NC1C2CCC(C2)C1CC1CO1)OCc1ccccc1. The number of benzene rings is 1. The first kappa shape index (κ1) is 14.1. The van der Waals surface area contributed by atoms with E-state index in [2.05, 4.69) is 5.32 Å². The second kappa shape index (κ2) is 5.92. The van der Waals surface area contributed by atoms with Crippen molar-refractivity contribution in [2.24, 2.45) is 17.8 Å². The van der Waals surface area contributed by atoms with Crippen LogP contribution in [-0.2, 0) is 16.1 Å². The van der Waals surface area contributed by atoms with Gasteiger partial charge in [-0.3, -0.25) is 0 Å². The molecule has 1 aromatic carbocycles. The largest absolute Gasteiger partial charge is 0.445 e. The highest BCUT2D eigenvalue weighted by Crippen LogP contribution is 2.51. The summed E-state index contributed by atoms with van der Waals surface area (Å²) in [5.74, 6) is 1.99. The van der Waals surface area contributed by atoms with Gasteiger partial charge in [0.2, 0.25) is 0 Å². The maximum Gasteiger partial charge on any atom is 0.407 e. The molecule has 1 aromatic rings. The first-order chi connectivity index (χ1) is 10.8. The predicted octanol–water partition coefficient (Wildman–Crippen LogP) is 3.12. The molecular weight excluding hydrogens is 278 g/mol. The number of fused-ring (bicyclic) bond motifs is 2. The number of amides is 1. The summed E-state index contributed by atoms with van der Waals surface area (Å²) in [6, 6.07) is 10.1. The number of hydrogen-bond donors (Lipinski definition) is 1. The van der Waals surface area contributed by atoms with E-state index in [1.54, 1.807) is 0 Å². The Hall–Kier alpha value is -1.55. The van der Waals surface area contributed by atoms with Gasteiger partial charge < -0.3 is 14.8 Å². The molecule has 1 aliphatic heterocycles. The summed E-state index contributed by atoms with van der Waals surface area (Å²) < 4.78 is 10.8. The van der Waals surface area contributed by atoms with Crippen LogP contribution < -0.4 is 5.32 Å². The minimum atomic E-state index is -0.275. The Morgan fingerprint density at radius 2 is 2.00 bits per heavy atom. The van der Waals surface area contributed by atoms with E-state index in [1.807, 2.05) is 30.3 Å². The summed E-state index contributed by atoms with van der Waals surface area (Å²) in [5, 5.41) is 3.15. The molecule has 4 nitrogen and oxygen atoms in total. The van der Waals surface area contributed by atoms with Crippen LogP contribution in [0.25, 0.3) is 0 Å². The molecule has 2 aliphatic carbocycles. The van der Waals surface area contributed by atoms with E-state index in [1.165, 1.54) is 19.3 Å². The van der Waals surface area contributed by atoms with Crippen LogP contribution in [0.5, 0.6) is 0 Å². The van der Waals surface area contributed by atoms with Crippen LogP contribution in [0.4, 0.5) is 4.79 Å². The molecule has 1 N–H and O–H groups in total. The van der Waals surface area contributed by atoms with E-state index >= 15 is 0 Å². The van der Waals surface area contributed by atoms with Gasteiger partial charge in [-0.2, -0.15) is 0 Å². The lowest BCUT2D eigenvalue weighted by Crippen LogP contribution is -2.44. The summed E-state index contributed by atoms with van der Waals surface area (Å²) in [5.41, 5.74) is 1.02. The van der Waals surface area contributed by atoms with Gasteiger partial charge in [0, 0.05) is 6.04 Å². The second-order valence-electron chi connectivity index (χ2n) is 6.92. The molecule has 1 heterocycles. The number of epoxide rings is 1. The number of rotatable bonds is 5. The average molecular weight is 301 g/mol. The molecule has 3 fully saturated rings. The quantitative estimate of drug-likeness (QED) is 0.850. The van der Waals surface area contributed by atoms with Crippen LogP contribution in [0.3, 0.4) is 0 Å². The molecule has 22 heavy (non-hydrogen) atoms. The minimum Gasteiger partial charge on any atom is -0.445 e. The molecule has 0 spiro atoms. The van der Waals surface area contributed by atoms with Crippen molar-refractivity contribution in [3.8, 4) is 0 Å². The third-order valence-electron chi connectivity index (χ3n) is 5.52. The molecule has 5 atom stereocenters. The highest BCUT2D eigenvalue weighted by Gasteiger charge is 2.49. The molecule has 0 aromatic heterocycles. The lowest BCUT2D eigenvalue weighted by molar-refractivity contribution is 0.122. The third-order valence-corrected chi connectivity index (χ3v) is 5.52. The van der Waals surface area contributed by atoms with Crippen LogP contribution in [0.15, 0.2) is 30.3 Å². The number of alkyl carbamates (subject to hydrolysis) is 1. The predicted molar refractivity (Wildman–Crippen MR) is 82.2 cm³/mol. The highest BCUT2D eigenvalue weighted by molar-refractivity contribution is 5.67. The average Bonchev–Trinajstić information content (AvgIpc) is 3.14.